The predicted octanol–water partition coefficient (Wildman–Crippen LogP) is 2.41. The molecule has 2 aromatic rings. The van der Waals surface area contributed by atoms with E-state index in [4.69, 9.17) is 4.74 Å². The van der Waals surface area contributed by atoms with E-state index in [1.54, 1.807) is 0 Å². The molecule has 1 aliphatic heterocycles. The summed E-state index contributed by atoms with van der Waals surface area (Å²) >= 11 is 0. The van der Waals surface area contributed by atoms with Crippen molar-refractivity contribution in [3.8, 4) is 5.75 Å². The SMILES string of the molecule is O=C(Nc1ccc(F)nc1)C1COc2ccccc2C1. The van der Waals surface area contributed by atoms with E-state index in [1.807, 2.05) is 24.3 Å². The average molecular weight is 272 g/mol. The first-order valence-corrected chi connectivity index (χ1v) is 6.35. The van der Waals surface area contributed by atoms with Crippen molar-refractivity contribution in [1.29, 1.82) is 0 Å². The second-order valence-electron chi connectivity index (χ2n) is 4.68. The number of pyridine rings is 1. The summed E-state index contributed by atoms with van der Waals surface area (Å²) in [7, 11) is 0. The first-order valence-electron chi connectivity index (χ1n) is 6.35. The molecule has 0 radical (unpaired) electrons. The topological polar surface area (TPSA) is 51.2 Å². The quantitative estimate of drug-likeness (QED) is 0.854. The molecule has 4 nitrogen and oxygen atoms in total. The third-order valence-corrected chi connectivity index (χ3v) is 3.24. The van der Waals surface area contributed by atoms with E-state index in [9.17, 15) is 9.18 Å². The molecule has 0 spiro atoms. The predicted molar refractivity (Wildman–Crippen MR) is 72.0 cm³/mol. The van der Waals surface area contributed by atoms with Crippen molar-refractivity contribution in [3.63, 3.8) is 0 Å². The molecule has 1 N–H and O–H groups in total. The van der Waals surface area contributed by atoms with Crippen molar-refractivity contribution < 1.29 is 13.9 Å². The number of amides is 1. The molecule has 1 amide bonds. The highest BCUT2D eigenvalue weighted by Gasteiger charge is 2.25. The first-order chi connectivity index (χ1) is 9.72. The van der Waals surface area contributed by atoms with Gasteiger partial charge in [0.25, 0.3) is 0 Å². The van der Waals surface area contributed by atoms with Crippen LogP contribution < -0.4 is 10.1 Å². The Morgan fingerprint density at radius 1 is 1.30 bits per heavy atom. The molecule has 20 heavy (non-hydrogen) atoms. The van der Waals surface area contributed by atoms with Crippen LogP contribution in [0.25, 0.3) is 0 Å². The van der Waals surface area contributed by atoms with Gasteiger partial charge in [-0.05, 0) is 30.2 Å². The highest BCUT2D eigenvalue weighted by molar-refractivity contribution is 5.92. The fourth-order valence-corrected chi connectivity index (χ4v) is 2.19. The maximum atomic E-state index is 12.7. The fourth-order valence-electron chi connectivity index (χ4n) is 2.19. The van der Waals surface area contributed by atoms with Crippen LogP contribution in [0.1, 0.15) is 5.56 Å². The van der Waals surface area contributed by atoms with Gasteiger partial charge in [-0.3, -0.25) is 4.79 Å². The molecule has 0 saturated carbocycles. The minimum Gasteiger partial charge on any atom is -0.492 e. The van der Waals surface area contributed by atoms with Crippen molar-refractivity contribution in [2.45, 2.75) is 6.42 Å². The number of hydrogen-bond acceptors (Lipinski definition) is 3. The van der Waals surface area contributed by atoms with Crippen molar-refractivity contribution in [3.05, 3.63) is 54.1 Å². The molecule has 0 bridgehead atoms. The van der Waals surface area contributed by atoms with Gasteiger partial charge in [-0.2, -0.15) is 4.39 Å². The molecule has 0 saturated heterocycles. The largest absolute Gasteiger partial charge is 0.492 e. The normalized spacial score (nSPS) is 16.9. The molecular formula is C15H13FN2O2. The van der Waals surface area contributed by atoms with E-state index < -0.39 is 5.95 Å². The van der Waals surface area contributed by atoms with Crippen LogP contribution in [-0.4, -0.2) is 17.5 Å². The van der Waals surface area contributed by atoms with Gasteiger partial charge in [-0.15, -0.1) is 0 Å². The summed E-state index contributed by atoms with van der Waals surface area (Å²) in [6.07, 6.45) is 1.93. The minimum atomic E-state index is -0.571. The average Bonchev–Trinajstić information content (AvgIpc) is 2.49. The second kappa shape index (κ2) is 5.28. The Hall–Kier alpha value is -2.43. The van der Waals surface area contributed by atoms with E-state index in [1.165, 1.54) is 18.3 Å². The molecule has 2 heterocycles. The monoisotopic (exact) mass is 272 g/mol. The standard InChI is InChI=1S/C15H13FN2O2/c16-14-6-5-12(8-17-14)18-15(19)11-7-10-3-1-2-4-13(10)20-9-11/h1-6,8,11H,7,9H2,(H,18,19). The van der Waals surface area contributed by atoms with E-state index >= 15 is 0 Å². The van der Waals surface area contributed by atoms with Crippen LogP contribution in [0.5, 0.6) is 5.75 Å². The Bertz CT molecular complexity index is 628. The number of rotatable bonds is 2. The Kier molecular flexibility index (Phi) is 3.33. The van der Waals surface area contributed by atoms with Crippen LogP contribution in [0.3, 0.4) is 0 Å². The van der Waals surface area contributed by atoms with Crippen molar-refractivity contribution in [1.82, 2.24) is 4.98 Å². The summed E-state index contributed by atoms with van der Waals surface area (Å²) in [5.74, 6) is -0.138. The van der Waals surface area contributed by atoms with Gasteiger partial charge in [0.15, 0.2) is 0 Å². The Balaban J connectivity index is 1.68. The molecule has 102 valence electrons. The van der Waals surface area contributed by atoms with Crippen molar-refractivity contribution in [2.75, 3.05) is 11.9 Å². The number of halogens is 1. The van der Waals surface area contributed by atoms with Gasteiger partial charge in [-0.25, -0.2) is 4.98 Å². The van der Waals surface area contributed by atoms with E-state index in [2.05, 4.69) is 10.3 Å². The smallest absolute Gasteiger partial charge is 0.231 e. The lowest BCUT2D eigenvalue weighted by atomic mass is 9.96. The molecule has 1 aliphatic rings. The summed E-state index contributed by atoms with van der Waals surface area (Å²) in [4.78, 5) is 15.7. The van der Waals surface area contributed by atoms with Gasteiger partial charge in [0.05, 0.1) is 17.8 Å². The lowest BCUT2D eigenvalue weighted by Crippen LogP contribution is -2.32. The number of nitrogens with zero attached hydrogens (tertiary/aromatic N) is 1. The third-order valence-electron chi connectivity index (χ3n) is 3.24. The molecule has 1 aromatic heterocycles. The number of nitrogens with one attached hydrogen (secondary N) is 1. The zero-order valence-electron chi connectivity index (χ0n) is 10.7. The Labute approximate surface area is 115 Å². The van der Waals surface area contributed by atoms with Gasteiger partial charge in [0.2, 0.25) is 11.9 Å². The van der Waals surface area contributed by atoms with Crippen LogP contribution in [-0.2, 0) is 11.2 Å². The third kappa shape index (κ3) is 2.61. The Morgan fingerprint density at radius 3 is 2.95 bits per heavy atom. The van der Waals surface area contributed by atoms with Gasteiger partial charge in [0, 0.05) is 0 Å². The fraction of sp³-hybridized carbons (Fsp3) is 0.200. The number of ether oxygens (including phenoxy) is 1. The van der Waals surface area contributed by atoms with Gasteiger partial charge < -0.3 is 10.1 Å². The Morgan fingerprint density at radius 2 is 2.15 bits per heavy atom. The zero-order chi connectivity index (χ0) is 13.9. The van der Waals surface area contributed by atoms with Gasteiger partial charge >= 0.3 is 0 Å². The lowest BCUT2D eigenvalue weighted by Gasteiger charge is -2.24. The van der Waals surface area contributed by atoms with E-state index in [0.29, 0.717) is 18.7 Å². The number of benzene rings is 1. The van der Waals surface area contributed by atoms with E-state index in [0.717, 1.165) is 11.3 Å². The second-order valence-corrected chi connectivity index (χ2v) is 4.68. The van der Waals surface area contributed by atoms with Crippen LogP contribution in [0.2, 0.25) is 0 Å². The number of carbonyl (C=O) groups is 1. The number of aromatic nitrogens is 1. The maximum Gasteiger partial charge on any atom is 0.231 e. The highest BCUT2D eigenvalue weighted by Crippen LogP contribution is 2.27. The molecule has 0 aliphatic carbocycles. The molecule has 1 aromatic carbocycles. The summed E-state index contributed by atoms with van der Waals surface area (Å²) < 4.78 is 18.3. The number of para-hydroxylation sites is 1. The van der Waals surface area contributed by atoms with Crippen molar-refractivity contribution >= 4 is 11.6 Å². The molecule has 0 fully saturated rings. The summed E-state index contributed by atoms with van der Waals surface area (Å²) in [5, 5.41) is 2.72. The number of hydrogen-bond donors (Lipinski definition) is 1. The molecule has 3 rings (SSSR count). The summed E-state index contributed by atoms with van der Waals surface area (Å²) in [6.45, 7) is 0.345. The molecule has 5 heteroatoms. The van der Waals surface area contributed by atoms with E-state index in [-0.39, 0.29) is 11.8 Å². The van der Waals surface area contributed by atoms with Gasteiger partial charge in [0.1, 0.15) is 12.4 Å². The number of fused-ring (bicyclic) bond motifs is 1. The first kappa shape index (κ1) is 12.6. The summed E-state index contributed by atoms with van der Waals surface area (Å²) in [5.41, 5.74) is 1.51. The van der Waals surface area contributed by atoms with Crippen molar-refractivity contribution in [2.24, 2.45) is 5.92 Å². The number of anilines is 1. The lowest BCUT2D eigenvalue weighted by molar-refractivity contribution is -0.121. The maximum absolute atomic E-state index is 12.7. The summed E-state index contributed by atoms with van der Waals surface area (Å²) in [6, 6.07) is 10.4. The van der Waals surface area contributed by atoms with Gasteiger partial charge in [-0.1, -0.05) is 18.2 Å². The van der Waals surface area contributed by atoms with Crippen LogP contribution >= 0.6 is 0 Å². The molecule has 1 unspecified atom stereocenters. The highest BCUT2D eigenvalue weighted by atomic mass is 19.1. The van der Waals surface area contributed by atoms with Crippen LogP contribution in [0, 0.1) is 11.9 Å². The van der Waals surface area contributed by atoms with Crippen LogP contribution in [0.15, 0.2) is 42.6 Å². The van der Waals surface area contributed by atoms with Crippen LogP contribution in [0.4, 0.5) is 10.1 Å². The molecular weight excluding hydrogens is 259 g/mol. The molecule has 1 atom stereocenters. The zero-order valence-corrected chi connectivity index (χ0v) is 10.7. The minimum absolute atomic E-state index is 0.145. The number of carbonyl (C=O) groups excluding carboxylic acids is 1.